The largest absolute Gasteiger partial charge is 0.325 e. The molecule has 0 aliphatic rings. The van der Waals surface area contributed by atoms with E-state index < -0.39 is 0 Å². The number of nitrogens with zero attached hydrogens (tertiary/aromatic N) is 5. The first-order chi connectivity index (χ1) is 16.0. The molecule has 0 fully saturated rings. The zero-order chi connectivity index (χ0) is 22.9. The van der Waals surface area contributed by atoms with Crippen molar-refractivity contribution in [2.75, 3.05) is 11.1 Å². The maximum Gasteiger partial charge on any atom is 0.234 e. The minimum atomic E-state index is -0.304. The number of carbonyl (C=O) groups is 2. The van der Waals surface area contributed by atoms with Crippen molar-refractivity contribution in [3.8, 4) is 11.3 Å². The molecular formula is C23H17FN6O2S. The average Bonchev–Trinajstić information content (AvgIpc) is 3.42. The quantitative estimate of drug-likeness (QED) is 0.303. The molecule has 0 spiro atoms. The molecule has 2 aromatic carbocycles. The Hall–Kier alpha value is -4.05. The SMILES string of the molecule is CC(=O)c1ccc(NC(=O)CSc2nnc3c4cc(-c5ccc(F)cc5)nn4ccn23)cc1. The Kier molecular flexibility index (Phi) is 5.35. The predicted molar refractivity (Wildman–Crippen MR) is 123 cm³/mol. The van der Waals surface area contributed by atoms with Crippen molar-refractivity contribution in [3.05, 3.63) is 78.4 Å². The number of nitrogens with one attached hydrogen (secondary N) is 1. The first kappa shape index (κ1) is 20.8. The summed E-state index contributed by atoms with van der Waals surface area (Å²) in [6, 6.07) is 14.7. The Bertz CT molecular complexity index is 1490. The highest BCUT2D eigenvalue weighted by atomic mass is 32.2. The van der Waals surface area contributed by atoms with Gasteiger partial charge in [0.25, 0.3) is 0 Å². The van der Waals surface area contributed by atoms with Crippen LogP contribution in [0.15, 0.2) is 72.1 Å². The van der Waals surface area contributed by atoms with E-state index in [1.165, 1.54) is 30.8 Å². The summed E-state index contributed by atoms with van der Waals surface area (Å²) in [7, 11) is 0. The molecule has 8 nitrogen and oxygen atoms in total. The minimum absolute atomic E-state index is 0.0285. The Morgan fingerprint density at radius 3 is 2.52 bits per heavy atom. The van der Waals surface area contributed by atoms with Gasteiger partial charge in [-0.3, -0.25) is 14.0 Å². The first-order valence-corrected chi connectivity index (χ1v) is 11.0. The maximum absolute atomic E-state index is 13.2. The maximum atomic E-state index is 13.2. The van der Waals surface area contributed by atoms with Crippen molar-refractivity contribution in [3.63, 3.8) is 0 Å². The Morgan fingerprint density at radius 1 is 1.03 bits per heavy atom. The molecule has 164 valence electrons. The van der Waals surface area contributed by atoms with E-state index in [4.69, 9.17) is 0 Å². The zero-order valence-electron chi connectivity index (χ0n) is 17.4. The van der Waals surface area contributed by atoms with Crippen LogP contribution in [0.1, 0.15) is 17.3 Å². The van der Waals surface area contributed by atoms with Crippen molar-refractivity contribution in [2.24, 2.45) is 0 Å². The van der Waals surface area contributed by atoms with Gasteiger partial charge in [-0.1, -0.05) is 11.8 Å². The Labute approximate surface area is 191 Å². The van der Waals surface area contributed by atoms with Crippen LogP contribution in [0.5, 0.6) is 0 Å². The van der Waals surface area contributed by atoms with Gasteiger partial charge in [0.2, 0.25) is 5.91 Å². The van der Waals surface area contributed by atoms with E-state index in [1.807, 2.05) is 6.07 Å². The van der Waals surface area contributed by atoms with Crippen molar-refractivity contribution >= 4 is 40.3 Å². The molecule has 1 amide bonds. The van der Waals surface area contributed by atoms with Crippen LogP contribution in [0, 0.1) is 5.82 Å². The average molecular weight is 460 g/mol. The number of hydrogen-bond acceptors (Lipinski definition) is 6. The molecule has 33 heavy (non-hydrogen) atoms. The molecule has 0 aliphatic heterocycles. The molecule has 3 aromatic heterocycles. The first-order valence-electron chi connectivity index (χ1n) is 10.0. The number of carbonyl (C=O) groups excluding carboxylic acids is 2. The molecule has 0 atom stereocenters. The summed E-state index contributed by atoms with van der Waals surface area (Å²) >= 11 is 1.26. The molecule has 0 saturated heterocycles. The molecule has 10 heteroatoms. The molecule has 0 aliphatic carbocycles. The number of Topliss-reactive ketones (excluding diaryl/α,β-unsaturated/α-hetero) is 1. The van der Waals surface area contributed by atoms with Gasteiger partial charge < -0.3 is 5.32 Å². The molecule has 0 unspecified atom stereocenters. The molecular weight excluding hydrogens is 443 g/mol. The van der Waals surface area contributed by atoms with Crippen molar-refractivity contribution in [1.29, 1.82) is 0 Å². The standard InChI is InChI=1S/C23H17FN6O2S/c1-14(31)15-4-8-18(9-5-15)25-21(32)13-33-23-27-26-22-20-12-19(16-2-6-17(24)7-3-16)28-30(20)11-10-29(22)23/h2-12H,13H2,1H3,(H,25,32). The zero-order valence-corrected chi connectivity index (χ0v) is 18.2. The van der Waals surface area contributed by atoms with Crippen LogP contribution in [0.3, 0.4) is 0 Å². The van der Waals surface area contributed by atoms with Crippen molar-refractivity contribution in [2.45, 2.75) is 12.1 Å². The third-order valence-electron chi connectivity index (χ3n) is 5.03. The van der Waals surface area contributed by atoms with Crippen molar-refractivity contribution in [1.82, 2.24) is 24.2 Å². The Morgan fingerprint density at radius 2 is 1.79 bits per heavy atom. The lowest BCUT2D eigenvalue weighted by atomic mass is 10.1. The second-order valence-electron chi connectivity index (χ2n) is 7.31. The molecule has 0 saturated carbocycles. The van der Waals surface area contributed by atoms with E-state index in [-0.39, 0.29) is 23.3 Å². The van der Waals surface area contributed by atoms with E-state index >= 15 is 0 Å². The van der Waals surface area contributed by atoms with Gasteiger partial charge in [0.05, 0.1) is 11.4 Å². The number of amides is 1. The van der Waals surface area contributed by atoms with Gasteiger partial charge in [-0.2, -0.15) is 5.10 Å². The summed E-state index contributed by atoms with van der Waals surface area (Å²) in [5.41, 5.74) is 4.03. The monoisotopic (exact) mass is 460 g/mol. The number of anilines is 1. The molecule has 0 bridgehead atoms. The van der Waals surface area contributed by atoms with Crippen molar-refractivity contribution < 1.29 is 14.0 Å². The summed E-state index contributed by atoms with van der Waals surface area (Å²) in [4.78, 5) is 23.7. The fraction of sp³-hybridized carbons (Fsp3) is 0.0870. The summed E-state index contributed by atoms with van der Waals surface area (Å²) < 4.78 is 16.7. The number of hydrogen-bond donors (Lipinski definition) is 1. The van der Waals surface area contributed by atoms with Crippen LogP contribution in [0.25, 0.3) is 22.4 Å². The minimum Gasteiger partial charge on any atom is -0.325 e. The normalized spacial score (nSPS) is 11.2. The lowest BCUT2D eigenvalue weighted by Crippen LogP contribution is -2.14. The number of rotatable bonds is 6. The molecule has 1 N–H and O–H groups in total. The third kappa shape index (κ3) is 4.20. The van der Waals surface area contributed by atoms with Crippen LogP contribution in [-0.4, -0.2) is 41.7 Å². The van der Waals surface area contributed by atoms with Crippen LogP contribution in [-0.2, 0) is 4.79 Å². The number of aromatic nitrogens is 5. The van der Waals surface area contributed by atoms with E-state index in [9.17, 15) is 14.0 Å². The number of halogens is 1. The Balaban J connectivity index is 1.32. The second-order valence-corrected chi connectivity index (χ2v) is 8.25. The van der Waals surface area contributed by atoms with Gasteiger partial charge in [0.15, 0.2) is 16.6 Å². The summed E-state index contributed by atoms with van der Waals surface area (Å²) in [5.74, 6) is -0.391. The fourth-order valence-electron chi connectivity index (χ4n) is 3.37. The van der Waals surface area contributed by atoms with Gasteiger partial charge in [-0.05, 0) is 61.5 Å². The van der Waals surface area contributed by atoms with Gasteiger partial charge in [-0.25, -0.2) is 8.91 Å². The lowest BCUT2D eigenvalue weighted by molar-refractivity contribution is -0.113. The predicted octanol–water partition coefficient (Wildman–Crippen LogP) is 4.12. The summed E-state index contributed by atoms with van der Waals surface area (Å²) in [5, 5.41) is 16.4. The summed E-state index contributed by atoms with van der Waals surface area (Å²) in [6.45, 7) is 1.49. The van der Waals surface area contributed by atoms with Gasteiger partial charge in [-0.15, -0.1) is 10.2 Å². The number of thioether (sulfide) groups is 1. The van der Waals surface area contributed by atoms with Crippen LogP contribution >= 0.6 is 11.8 Å². The van der Waals surface area contributed by atoms with Gasteiger partial charge in [0.1, 0.15) is 11.3 Å². The third-order valence-corrected chi connectivity index (χ3v) is 5.98. The van der Waals surface area contributed by atoms with Crippen LogP contribution < -0.4 is 5.32 Å². The van der Waals surface area contributed by atoms with E-state index in [1.54, 1.807) is 57.7 Å². The highest BCUT2D eigenvalue weighted by molar-refractivity contribution is 7.99. The smallest absolute Gasteiger partial charge is 0.234 e. The molecule has 3 heterocycles. The number of ketones is 1. The topological polar surface area (TPSA) is 93.7 Å². The van der Waals surface area contributed by atoms with Gasteiger partial charge in [0, 0.05) is 29.2 Å². The summed E-state index contributed by atoms with van der Waals surface area (Å²) in [6.07, 6.45) is 3.56. The highest BCUT2D eigenvalue weighted by Crippen LogP contribution is 2.24. The number of benzene rings is 2. The van der Waals surface area contributed by atoms with E-state index in [2.05, 4.69) is 20.6 Å². The molecule has 5 aromatic rings. The fourth-order valence-corrected chi connectivity index (χ4v) is 4.08. The van der Waals surface area contributed by atoms with Gasteiger partial charge >= 0.3 is 0 Å². The van der Waals surface area contributed by atoms with Crippen LogP contribution in [0.4, 0.5) is 10.1 Å². The number of fused-ring (bicyclic) bond motifs is 3. The van der Waals surface area contributed by atoms with Crippen LogP contribution in [0.2, 0.25) is 0 Å². The molecule has 5 rings (SSSR count). The lowest BCUT2D eigenvalue weighted by Gasteiger charge is -2.05. The van der Waals surface area contributed by atoms with E-state index in [0.717, 1.165) is 11.1 Å². The highest BCUT2D eigenvalue weighted by Gasteiger charge is 2.14. The molecule has 0 radical (unpaired) electrons. The van der Waals surface area contributed by atoms with E-state index in [0.29, 0.717) is 27.7 Å². The second kappa shape index (κ2) is 8.47.